The molecule has 0 aliphatic carbocycles. The second kappa shape index (κ2) is 9.40. The molecule has 2 aromatic heterocycles. The minimum Gasteiger partial charge on any atom is -0.277 e. The molecule has 0 unspecified atom stereocenters. The molecule has 7 heteroatoms. The third kappa shape index (κ3) is 5.03. The van der Waals surface area contributed by atoms with E-state index in [0.717, 1.165) is 16.7 Å². The second-order valence-corrected chi connectivity index (χ2v) is 8.89. The van der Waals surface area contributed by atoms with Gasteiger partial charge in [-0.05, 0) is 30.9 Å². The van der Waals surface area contributed by atoms with Crippen LogP contribution in [0, 0.1) is 19.8 Å². The molecule has 4 rings (SSSR count). The van der Waals surface area contributed by atoms with E-state index in [1.165, 1.54) is 4.52 Å². The first-order valence-electron chi connectivity index (χ1n) is 11.2. The number of fused-ring (bicyclic) bond motifs is 1. The zero-order chi connectivity index (χ0) is 23.5. The summed E-state index contributed by atoms with van der Waals surface area (Å²) in [4.78, 5) is 37.1. The number of hydrogen-bond donors (Lipinski definition) is 1. The lowest BCUT2D eigenvalue weighted by Gasteiger charge is -2.21. The predicted octanol–water partition coefficient (Wildman–Crippen LogP) is 4.20. The van der Waals surface area contributed by atoms with E-state index in [2.05, 4.69) is 15.1 Å². The van der Waals surface area contributed by atoms with Gasteiger partial charge in [-0.3, -0.25) is 19.6 Å². The van der Waals surface area contributed by atoms with Gasteiger partial charge in [0, 0.05) is 18.4 Å². The monoisotopic (exact) mass is 443 g/mol. The van der Waals surface area contributed by atoms with Crippen LogP contribution in [0.15, 0.2) is 59.4 Å². The van der Waals surface area contributed by atoms with Crippen molar-refractivity contribution in [3.63, 3.8) is 0 Å². The highest BCUT2D eigenvalue weighted by Crippen LogP contribution is 2.18. The molecular weight excluding hydrogens is 414 g/mol. The first kappa shape index (κ1) is 22.5. The topological polar surface area (TPSA) is 83.4 Å². The lowest BCUT2D eigenvalue weighted by Crippen LogP contribution is -2.32. The van der Waals surface area contributed by atoms with E-state index in [1.54, 1.807) is 4.90 Å². The highest BCUT2D eigenvalue weighted by atomic mass is 16.2. The van der Waals surface area contributed by atoms with Crippen molar-refractivity contribution >= 4 is 17.6 Å². The van der Waals surface area contributed by atoms with Crippen LogP contribution in [0.5, 0.6) is 0 Å². The first-order valence-corrected chi connectivity index (χ1v) is 11.2. The molecular formula is C26H29N5O2. The van der Waals surface area contributed by atoms with Crippen LogP contribution in [-0.2, 0) is 17.8 Å². The summed E-state index contributed by atoms with van der Waals surface area (Å²) in [5.74, 6) is 0.722. The zero-order valence-electron chi connectivity index (χ0n) is 19.5. The maximum absolute atomic E-state index is 13.3. The van der Waals surface area contributed by atoms with Crippen LogP contribution in [0.2, 0.25) is 0 Å². The van der Waals surface area contributed by atoms with E-state index < -0.39 is 0 Å². The summed E-state index contributed by atoms with van der Waals surface area (Å²) in [6.07, 6.45) is 0.860. The smallest absolute Gasteiger partial charge is 0.277 e. The SMILES string of the molecule is Cc1ccc(CN(C(=O)CC(C)C)c2nc3nc(C)c(Cc4ccccc4)c(=O)n3[nH]2)cc1. The Morgan fingerprint density at radius 1 is 1.00 bits per heavy atom. The fourth-order valence-electron chi connectivity index (χ4n) is 3.78. The van der Waals surface area contributed by atoms with Crippen LogP contribution in [0.3, 0.4) is 0 Å². The highest BCUT2D eigenvalue weighted by Gasteiger charge is 2.22. The van der Waals surface area contributed by atoms with Gasteiger partial charge in [-0.15, -0.1) is 0 Å². The summed E-state index contributed by atoms with van der Waals surface area (Å²) in [5.41, 5.74) is 4.21. The quantitative estimate of drug-likeness (QED) is 0.464. The molecule has 4 aromatic rings. The van der Waals surface area contributed by atoms with Crippen LogP contribution >= 0.6 is 0 Å². The maximum Gasteiger partial charge on any atom is 0.277 e. The number of nitrogens with one attached hydrogen (secondary N) is 1. The Bertz CT molecular complexity index is 1320. The van der Waals surface area contributed by atoms with Crippen molar-refractivity contribution in [2.24, 2.45) is 5.92 Å². The number of nitrogens with zero attached hydrogens (tertiary/aromatic N) is 4. The fraction of sp³-hybridized carbons (Fsp3) is 0.308. The van der Waals surface area contributed by atoms with Gasteiger partial charge in [0.15, 0.2) is 0 Å². The molecule has 2 heterocycles. The average Bonchev–Trinajstić information content (AvgIpc) is 3.20. The molecule has 0 atom stereocenters. The Kier molecular flexibility index (Phi) is 6.40. The Hall–Kier alpha value is -3.74. The van der Waals surface area contributed by atoms with E-state index in [4.69, 9.17) is 0 Å². The van der Waals surface area contributed by atoms with Crippen LogP contribution in [0.4, 0.5) is 5.95 Å². The van der Waals surface area contributed by atoms with Gasteiger partial charge in [0.05, 0.1) is 12.2 Å². The number of H-pyrrole nitrogens is 1. The third-order valence-electron chi connectivity index (χ3n) is 5.61. The first-order chi connectivity index (χ1) is 15.8. The number of rotatable bonds is 7. The van der Waals surface area contributed by atoms with Crippen LogP contribution in [0.25, 0.3) is 5.78 Å². The molecule has 0 aliphatic rings. The maximum atomic E-state index is 13.3. The minimum absolute atomic E-state index is 0.0566. The second-order valence-electron chi connectivity index (χ2n) is 8.89. The Morgan fingerprint density at radius 2 is 1.70 bits per heavy atom. The molecule has 0 bridgehead atoms. The molecule has 7 nitrogen and oxygen atoms in total. The summed E-state index contributed by atoms with van der Waals surface area (Å²) in [7, 11) is 0. The number of benzene rings is 2. The van der Waals surface area contributed by atoms with Crippen molar-refractivity contribution in [2.45, 2.75) is 47.1 Å². The minimum atomic E-state index is -0.202. The number of carbonyl (C=O) groups excluding carboxylic acids is 1. The van der Waals surface area contributed by atoms with Crippen molar-refractivity contribution in [3.05, 3.63) is 92.9 Å². The van der Waals surface area contributed by atoms with E-state index in [9.17, 15) is 9.59 Å². The number of anilines is 1. The Morgan fingerprint density at radius 3 is 2.36 bits per heavy atom. The van der Waals surface area contributed by atoms with Gasteiger partial charge in [-0.1, -0.05) is 74.0 Å². The third-order valence-corrected chi connectivity index (χ3v) is 5.61. The molecule has 1 N–H and O–H groups in total. The van der Waals surface area contributed by atoms with Crippen molar-refractivity contribution in [1.82, 2.24) is 19.6 Å². The molecule has 0 radical (unpaired) electrons. The lowest BCUT2D eigenvalue weighted by molar-refractivity contribution is -0.119. The molecule has 2 aromatic carbocycles. The molecule has 0 spiro atoms. The lowest BCUT2D eigenvalue weighted by atomic mass is 10.1. The fourth-order valence-corrected chi connectivity index (χ4v) is 3.78. The number of aromatic amines is 1. The Balaban J connectivity index is 1.74. The zero-order valence-corrected chi connectivity index (χ0v) is 19.5. The molecule has 0 saturated heterocycles. The van der Waals surface area contributed by atoms with Gasteiger partial charge >= 0.3 is 0 Å². The molecule has 170 valence electrons. The van der Waals surface area contributed by atoms with Crippen LogP contribution in [0.1, 0.15) is 48.2 Å². The van der Waals surface area contributed by atoms with Gasteiger partial charge in [0.25, 0.3) is 11.3 Å². The molecule has 0 saturated carbocycles. The van der Waals surface area contributed by atoms with E-state index >= 15 is 0 Å². The molecule has 33 heavy (non-hydrogen) atoms. The van der Waals surface area contributed by atoms with E-state index in [1.807, 2.05) is 82.3 Å². The standard InChI is InChI=1S/C26H29N5O2/c1-17(2)14-23(32)30(16-21-12-10-18(3)11-13-21)26-28-25-27-19(4)22(24(33)31(25)29-26)15-20-8-6-5-7-9-20/h5-13,17H,14-16H2,1-4H3,(H,27,28,29). The summed E-state index contributed by atoms with van der Waals surface area (Å²) < 4.78 is 1.34. The number of amides is 1. The normalized spacial score (nSPS) is 11.3. The largest absolute Gasteiger partial charge is 0.277 e. The van der Waals surface area contributed by atoms with Crippen molar-refractivity contribution < 1.29 is 4.79 Å². The van der Waals surface area contributed by atoms with Gasteiger partial charge in [0.1, 0.15) is 0 Å². The van der Waals surface area contributed by atoms with Crippen molar-refractivity contribution in [1.29, 1.82) is 0 Å². The number of carbonyl (C=O) groups is 1. The predicted molar refractivity (Wildman–Crippen MR) is 129 cm³/mol. The van der Waals surface area contributed by atoms with Gasteiger partial charge in [0.2, 0.25) is 11.9 Å². The van der Waals surface area contributed by atoms with Gasteiger partial charge in [-0.25, -0.2) is 4.98 Å². The molecule has 1 amide bonds. The summed E-state index contributed by atoms with van der Waals surface area (Å²) in [5, 5.41) is 3.04. The van der Waals surface area contributed by atoms with E-state index in [-0.39, 0.29) is 23.2 Å². The number of aryl methyl sites for hydroxylation is 2. The van der Waals surface area contributed by atoms with Crippen LogP contribution in [-0.4, -0.2) is 25.5 Å². The summed E-state index contributed by atoms with van der Waals surface area (Å²) in [6.45, 7) is 8.22. The average molecular weight is 444 g/mol. The van der Waals surface area contributed by atoms with Crippen LogP contribution < -0.4 is 10.5 Å². The Labute approximate surface area is 193 Å². The number of aromatic nitrogens is 4. The number of hydrogen-bond acceptors (Lipinski definition) is 4. The highest BCUT2D eigenvalue weighted by molar-refractivity contribution is 5.91. The van der Waals surface area contributed by atoms with Gasteiger partial charge < -0.3 is 0 Å². The van der Waals surface area contributed by atoms with Crippen molar-refractivity contribution in [3.8, 4) is 0 Å². The molecule has 0 aliphatic heterocycles. The molecule has 0 fully saturated rings. The van der Waals surface area contributed by atoms with Gasteiger partial charge in [-0.2, -0.15) is 9.50 Å². The summed E-state index contributed by atoms with van der Waals surface area (Å²) >= 11 is 0. The van der Waals surface area contributed by atoms with Crippen molar-refractivity contribution in [2.75, 3.05) is 4.90 Å². The van der Waals surface area contributed by atoms with E-state index in [0.29, 0.717) is 36.6 Å². The summed E-state index contributed by atoms with van der Waals surface area (Å²) in [6, 6.07) is 17.9.